The van der Waals surface area contributed by atoms with Gasteiger partial charge in [-0.3, -0.25) is 14.6 Å². The molecule has 2 rings (SSSR count). The molecule has 2 aromatic rings. The van der Waals surface area contributed by atoms with E-state index in [1.54, 1.807) is 36.5 Å². The number of hydrogen-bond acceptors (Lipinski definition) is 4. The maximum Gasteiger partial charge on any atom is 0.257 e. The molecule has 3 N–H and O–H groups in total. The standard InChI is InChI=1S/C15H14IN3O3/c16-11-3-4-13(12(8-11)15(22)18-6-7-20)19-14(21)10-2-1-5-17-9-10/h1-5,8-9,20H,6-7H2,(H,18,22)(H,19,21). The van der Waals surface area contributed by atoms with Gasteiger partial charge in [0.1, 0.15) is 0 Å². The van der Waals surface area contributed by atoms with Gasteiger partial charge in [-0.05, 0) is 52.9 Å². The van der Waals surface area contributed by atoms with Gasteiger partial charge >= 0.3 is 0 Å². The van der Waals surface area contributed by atoms with Crippen LogP contribution in [-0.4, -0.2) is 35.1 Å². The lowest BCUT2D eigenvalue weighted by Crippen LogP contribution is -2.27. The second kappa shape index (κ2) is 7.85. The molecule has 0 radical (unpaired) electrons. The molecule has 1 heterocycles. The van der Waals surface area contributed by atoms with Crippen molar-refractivity contribution in [3.63, 3.8) is 0 Å². The molecule has 0 unspecified atom stereocenters. The molecule has 6 nitrogen and oxygen atoms in total. The highest BCUT2D eigenvalue weighted by Crippen LogP contribution is 2.19. The highest BCUT2D eigenvalue weighted by Gasteiger charge is 2.14. The van der Waals surface area contributed by atoms with Gasteiger partial charge in [0.25, 0.3) is 11.8 Å². The molecule has 1 aromatic heterocycles. The average Bonchev–Trinajstić information content (AvgIpc) is 2.55. The Morgan fingerprint density at radius 1 is 1.23 bits per heavy atom. The van der Waals surface area contributed by atoms with Gasteiger partial charge in [-0.25, -0.2) is 0 Å². The third-order valence-electron chi connectivity index (χ3n) is 2.80. The molecule has 0 atom stereocenters. The van der Waals surface area contributed by atoms with E-state index >= 15 is 0 Å². The van der Waals surface area contributed by atoms with Gasteiger partial charge in [-0.2, -0.15) is 0 Å². The van der Waals surface area contributed by atoms with E-state index in [1.807, 2.05) is 0 Å². The molecule has 0 fully saturated rings. The van der Waals surface area contributed by atoms with Gasteiger partial charge in [0.05, 0.1) is 23.4 Å². The summed E-state index contributed by atoms with van der Waals surface area (Å²) in [5.41, 5.74) is 1.16. The molecular formula is C15H14IN3O3. The quantitative estimate of drug-likeness (QED) is 0.653. The van der Waals surface area contributed by atoms with Crippen LogP contribution in [0.4, 0.5) is 5.69 Å². The Morgan fingerprint density at radius 3 is 2.73 bits per heavy atom. The van der Waals surface area contributed by atoms with Crippen molar-refractivity contribution in [1.29, 1.82) is 0 Å². The molecule has 0 spiro atoms. The van der Waals surface area contributed by atoms with Crippen LogP contribution in [0, 0.1) is 3.57 Å². The average molecular weight is 411 g/mol. The predicted molar refractivity (Wildman–Crippen MR) is 90.8 cm³/mol. The van der Waals surface area contributed by atoms with Crippen molar-refractivity contribution in [2.45, 2.75) is 0 Å². The van der Waals surface area contributed by atoms with Crippen molar-refractivity contribution >= 4 is 40.1 Å². The molecule has 0 saturated carbocycles. The maximum atomic E-state index is 12.2. The highest BCUT2D eigenvalue weighted by atomic mass is 127. The number of carbonyl (C=O) groups is 2. The summed E-state index contributed by atoms with van der Waals surface area (Å²) in [6.07, 6.45) is 3.03. The van der Waals surface area contributed by atoms with Gasteiger partial charge in [0.2, 0.25) is 0 Å². The second-order valence-electron chi connectivity index (χ2n) is 4.37. The van der Waals surface area contributed by atoms with E-state index in [0.717, 1.165) is 3.57 Å². The number of anilines is 1. The number of carbonyl (C=O) groups excluding carboxylic acids is 2. The van der Waals surface area contributed by atoms with Crippen molar-refractivity contribution < 1.29 is 14.7 Å². The van der Waals surface area contributed by atoms with Gasteiger partial charge in [0, 0.05) is 22.5 Å². The zero-order valence-corrected chi connectivity index (χ0v) is 13.7. The van der Waals surface area contributed by atoms with E-state index in [-0.39, 0.29) is 25.0 Å². The number of aromatic nitrogens is 1. The van der Waals surface area contributed by atoms with Crippen molar-refractivity contribution in [3.05, 3.63) is 57.4 Å². The van der Waals surface area contributed by atoms with Crippen LogP contribution in [0.5, 0.6) is 0 Å². The SMILES string of the molecule is O=C(Nc1ccc(I)cc1C(=O)NCCO)c1cccnc1. The van der Waals surface area contributed by atoms with Gasteiger partial charge in [0.15, 0.2) is 0 Å². The maximum absolute atomic E-state index is 12.2. The van der Waals surface area contributed by atoms with Gasteiger partial charge in [-0.15, -0.1) is 0 Å². The molecule has 0 bridgehead atoms. The van der Waals surface area contributed by atoms with Crippen molar-refractivity contribution in [2.75, 3.05) is 18.5 Å². The summed E-state index contributed by atoms with van der Waals surface area (Å²) >= 11 is 2.09. The smallest absolute Gasteiger partial charge is 0.257 e. The Kier molecular flexibility index (Phi) is 5.84. The van der Waals surface area contributed by atoms with Crippen LogP contribution in [0.1, 0.15) is 20.7 Å². The van der Waals surface area contributed by atoms with E-state index < -0.39 is 0 Å². The van der Waals surface area contributed by atoms with Crippen LogP contribution < -0.4 is 10.6 Å². The fraction of sp³-hybridized carbons (Fsp3) is 0.133. The minimum absolute atomic E-state index is 0.146. The molecule has 1 aromatic carbocycles. The first-order valence-electron chi connectivity index (χ1n) is 6.52. The number of benzene rings is 1. The van der Waals surface area contributed by atoms with Crippen LogP contribution >= 0.6 is 22.6 Å². The summed E-state index contributed by atoms with van der Waals surface area (Å²) in [6, 6.07) is 8.44. The third-order valence-corrected chi connectivity index (χ3v) is 3.47. The lowest BCUT2D eigenvalue weighted by atomic mass is 10.1. The van der Waals surface area contributed by atoms with Crippen LogP contribution in [0.15, 0.2) is 42.7 Å². The highest BCUT2D eigenvalue weighted by molar-refractivity contribution is 14.1. The Labute approximate surface area is 141 Å². The molecule has 0 aliphatic carbocycles. The Morgan fingerprint density at radius 2 is 2.05 bits per heavy atom. The van der Waals surface area contributed by atoms with Crippen LogP contribution in [0.2, 0.25) is 0 Å². The van der Waals surface area contributed by atoms with Crippen LogP contribution in [0.3, 0.4) is 0 Å². The Hall–Kier alpha value is -2.00. The molecule has 0 aliphatic heterocycles. The summed E-state index contributed by atoms with van der Waals surface area (Å²) in [5, 5.41) is 14.1. The van der Waals surface area contributed by atoms with E-state index in [1.165, 1.54) is 6.20 Å². The molecule has 0 saturated heterocycles. The summed E-state index contributed by atoms with van der Waals surface area (Å²) in [6.45, 7) is 0.00728. The molecule has 0 aliphatic rings. The van der Waals surface area contributed by atoms with Gasteiger partial charge in [-0.1, -0.05) is 0 Å². The monoisotopic (exact) mass is 411 g/mol. The molecule has 114 valence electrons. The molecule has 2 amide bonds. The number of aliphatic hydroxyl groups is 1. The van der Waals surface area contributed by atoms with E-state index in [9.17, 15) is 9.59 Å². The summed E-state index contributed by atoms with van der Waals surface area (Å²) < 4.78 is 0.867. The Balaban J connectivity index is 2.23. The van der Waals surface area contributed by atoms with Crippen LogP contribution in [-0.2, 0) is 0 Å². The number of rotatable bonds is 5. The predicted octanol–water partition coefficient (Wildman–Crippen LogP) is 1.66. The van der Waals surface area contributed by atoms with Crippen molar-refractivity contribution in [3.8, 4) is 0 Å². The second-order valence-corrected chi connectivity index (χ2v) is 5.61. The van der Waals surface area contributed by atoms with E-state index in [2.05, 4.69) is 38.2 Å². The fourth-order valence-electron chi connectivity index (χ4n) is 1.77. The molecule has 22 heavy (non-hydrogen) atoms. The largest absolute Gasteiger partial charge is 0.395 e. The van der Waals surface area contributed by atoms with Crippen LogP contribution in [0.25, 0.3) is 0 Å². The number of aliphatic hydroxyl groups excluding tert-OH is 1. The molecular weight excluding hydrogens is 397 g/mol. The number of hydrogen-bond donors (Lipinski definition) is 3. The summed E-state index contributed by atoms with van der Waals surface area (Å²) in [5.74, 6) is -0.695. The molecule has 7 heteroatoms. The fourth-order valence-corrected chi connectivity index (χ4v) is 2.26. The van der Waals surface area contributed by atoms with Crippen molar-refractivity contribution in [2.24, 2.45) is 0 Å². The summed E-state index contributed by atoms with van der Waals surface area (Å²) in [4.78, 5) is 28.2. The minimum Gasteiger partial charge on any atom is -0.395 e. The topological polar surface area (TPSA) is 91.3 Å². The Bertz CT molecular complexity index is 677. The zero-order valence-electron chi connectivity index (χ0n) is 11.5. The number of nitrogens with one attached hydrogen (secondary N) is 2. The lowest BCUT2D eigenvalue weighted by Gasteiger charge is -2.11. The minimum atomic E-state index is -0.353. The first-order valence-corrected chi connectivity index (χ1v) is 7.59. The normalized spacial score (nSPS) is 10.1. The first kappa shape index (κ1) is 16.4. The number of nitrogens with zero attached hydrogens (tertiary/aromatic N) is 1. The lowest BCUT2D eigenvalue weighted by molar-refractivity contribution is 0.0945. The van der Waals surface area contributed by atoms with E-state index in [0.29, 0.717) is 16.8 Å². The first-order chi connectivity index (χ1) is 10.6. The number of amides is 2. The summed E-state index contributed by atoms with van der Waals surface area (Å²) in [7, 11) is 0. The zero-order chi connectivity index (χ0) is 15.9. The third kappa shape index (κ3) is 4.25. The van der Waals surface area contributed by atoms with Crippen molar-refractivity contribution in [1.82, 2.24) is 10.3 Å². The van der Waals surface area contributed by atoms with Gasteiger partial charge < -0.3 is 15.7 Å². The number of halogens is 1. The van der Waals surface area contributed by atoms with E-state index in [4.69, 9.17) is 5.11 Å². The number of pyridine rings is 1.